The first-order valence-corrected chi connectivity index (χ1v) is 8.77. The molecule has 0 unspecified atom stereocenters. The molecule has 1 saturated heterocycles. The molecule has 1 aromatic heterocycles. The van der Waals surface area contributed by atoms with Gasteiger partial charge in [-0.2, -0.15) is 0 Å². The summed E-state index contributed by atoms with van der Waals surface area (Å²) in [5, 5.41) is 4.64. The van der Waals surface area contributed by atoms with E-state index < -0.39 is 18.0 Å². The maximum Gasteiger partial charge on any atom is 0.322 e. The lowest BCUT2D eigenvalue weighted by Crippen LogP contribution is -2.41. The topological polar surface area (TPSA) is 78.5 Å². The average molecular weight is 335 g/mol. The van der Waals surface area contributed by atoms with Gasteiger partial charge in [0.1, 0.15) is 6.04 Å². The van der Waals surface area contributed by atoms with Gasteiger partial charge in [-0.3, -0.25) is 14.9 Å². The predicted octanol–water partition coefficient (Wildman–Crippen LogP) is 1.57. The van der Waals surface area contributed by atoms with Crippen LogP contribution in [0.2, 0.25) is 0 Å². The maximum absolute atomic E-state index is 12.6. The van der Waals surface area contributed by atoms with E-state index in [9.17, 15) is 14.4 Å². The minimum atomic E-state index is -0.760. The summed E-state index contributed by atoms with van der Waals surface area (Å²) in [7, 11) is 0. The third kappa shape index (κ3) is 3.39. The lowest BCUT2D eigenvalue weighted by molar-refractivity contribution is -0.136. The molecule has 0 spiro atoms. The summed E-state index contributed by atoms with van der Waals surface area (Å²) >= 11 is 1.79. The molecule has 3 rings (SSSR count). The summed E-state index contributed by atoms with van der Waals surface area (Å²) in [6.45, 7) is 4.50. The first-order chi connectivity index (χ1) is 10.9. The van der Waals surface area contributed by atoms with E-state index in [4.69, 9.17) is 0 Å². The zero-order valence-corrected chi connectivity index (χ0v) is 14.2. The summed E-state index contributed by atoms with van der Waals surface area (Å²) in [6.07, 6.45) is 3.51. The highest BCUT2D eigenvalue weighted by molar-refractivity contribution is 7.12. The van der Waals surface area contributed by atoms with Crippen molar-refractivity contribution in [1.82, 2.24) is 15.5 Å². The van der Waals surface area contributed by atoms with E-state index in [1.54, 1.807) is 16.2 Å². The Labute approximate surface area is 139 Å². The van der Waals surface area contributed by atoms with Gasteiger partial charge >= 0.3 is 6.03 Å². The number of urea groups is 1. The molecule has 1 atom stereocenters. The molecule has 124 valence electrons. The number of carbonyl (C=O) groups is 3. The molecule has 2 N–H and O–H groups in total. The Morgan fingerprint density at radius 3 is 2.78 bits per heavy atom. The summed E-state index contributed by atoms with van der Waals surface area (Å²) in [6, 6.07) is 0.961. The van der Waals surface area contributed by atoms with Gasteiger partial charge in [0.05, 0.1) is 13.0 Å². The van der Waals surface area contributed by atoms with Gasteiger partial charge in [0.25, 0.3) is 5.91 Å². The Morgan fingerprint density at radius 2 is 2.17 bits per heavy atom. The third-order valence-electron chi connectivity index (χ3n) is 4.30. The van der Waals surface area contributed by atoms with Gasteiger partial charge in [-0.25, -0.2) is 4.79 Å². The molecular weight excluding hydrogens is 314 g/mol. The maximum atomic E-state index is 12.6. The third-order valence-corrected chi connectivity index (χ3v) is 5.53. The molecule has 2 heterocycles. The van der Waals surface area contributed by atoms with E-state index >= 15 is 0 Å². The molecule has 2 aliphatic rings. The molecule has 1 fully saturated rings. The highest BCUT2D eigenvalue weighted by Gasteiger charge is 2.33. The Bertz CT molecular complexity index is 631. The van der Waals surface area contributed by atoms with Crippen LogP contribution in [0.1, 0.15) is 42.0 Å². The van der Waals surface area contributed by atoms with Crippen molar-refractivity contribution >= 4 is 29.2 Å². The summed E-state index contributed by atoms with van der Waals surface area (Å²) in [5.74, 6) is -0.543. The average Bonchev–Trinajstić information content (AvgIpc) is 3.11. The summed E-state index contributed by atoms with van der Waals surface area (Å²) < 4.78 is 0. The Morgan fingerprint density at radius 1 is 1.39 bits per heavy atom. The number of hydrogen-bond acceptors (Lipinski definition) is 4. The molecular formula is C16H21N3O3S. The van der Waals surface area contributed by atoms with Crippen molar-refractivity contribution in [2.45, 2.75) is 58.2 Å². The fraction of sp³-hybridized carbons (Fsp3) is 0.562. The lowest BCUT2D eigenvalue weighted by atomic mass is 10.1. The van der Waals surface area contributed by atoms with Gasteiger partial charge in [-0.15, -0.1) is 11.3 Å². The molecule has 1 aliphatic heterocycles. The van der Waals surface area contributed by atoms with E-state index in [0.717, 1.165) is 12.8 Å². The molecule has 7 heteroatoms. The minimum Gasteiger partial charge on any atom is -0.335 e. The molecule has 0 aromatic carbocycles. The van der Waals surface area contributed by atoms with E-state index in [-0.39, 0.29) is 18.4 Å². The molecule has 0 radical (unpaired) electrons. The van der Waals surface area contributed by atoms with Crippen LogP contribution in [-0.4, -0.2) is 34.8 Å². The summed E-state index contributed by atoms with van der Waals surface area (Å²) in [5.41, 5.74) is 1.42. The van der Waals surface area contributed by atoms with Crippen LogP contribution < -0.4 is 10.6 Å². The first-order valence-electron chi connectivity index (χ1n) is 7.95. The Balaban J connectivity index is 1.66. The monoisotopic (exact) mass is 335 g/mol. The number of nitrogens with zero attached hydrogens (tertiary/aromatic N) is 1. The largest absolute Gasteiger partial charge is 0.335 e. The van der Waals surface area contributed by atoms with Crippen LogP contribution in [0.25, 0.3) is 0 Å². The van der Waals surface area contributed by atoms with Crippen molar-refractivity contribution < 1.29 is 14.4 Å². The number of rotatable bonds is 5. The van der Waals surface area contributed by atoms with Crippen LogP contribution in [0.5, 0.6) is 0 Å². The second kappa shape index (κ2) is 6.31. The number of aryl methyl sites for hydroxylation is 2. The fourth-order valence-electron chi connectivity index (χ4n) is 3.09. The zero-order valence-electron chi connectivity index (χ0n) is 13.3. The molecule has 6 nitrogen and oxygen atoms in total. The second-order valence-corrected chi connectivity index (χ2v) is 7.57. The smallest absolute Gasteiger partial charge is 0.322 e. The van der Waals surface area contributed by atoms with Crippen LogP contribution >= 0.6 is 11.3 Å². The highest BCUT2D eigenvalue weighted by atomic mass is 32.1. The van der Waals surface area contributed by atoms with Crippen molar-refractivity contribution in [3.63, 3.8) is 0 Å². The molecule has 23 heavy (non-hydrogen) atoms. The number of thiophene rings is 1. The molecule has 4 amide bonds. The van der Waals surface area contributed by atoms with Crippen molar-refractivity contribution in [3.8, 4) is 0 Å². The van der Waals surface area contributed by atoms with Crippen LogP contribution in [0, 0.1) is 0 Å². The van der Waals surface area contributed by atoms with Crippen molar-refractivity contribution in [1.29, 1.82) is 0 Å². The molecule has 0 saturated carbocycles. The van der Waals surface area contributed by atoms with Crippen molar-refractivity contribution in [3.05, 3.63) is 21.4 Å². The number of carbonyl (C=O) groups excluding carboxylic acids is 3. The quantitative estimate of drug-likeness (QED) is 0.802. The number of amides is 4. The SMILES string of the molecule is CC(C)N(Cc1cc2c(s1)CCC2)C(=O)C[C@@H]1NC(=O)NC1=O. The summed E-state index contributed by atoms with van der Waals surface area (Å²) in [4.78, 5) is 39.7. The molecule has 1 aromatic rings. The van der Waals surface area contributed by atoms with E-state index in [0.29, 0.717) is 6.54 Å². The molecule has 1 aliphatic carbocycles. The number of hydrogen-bond donors (Lipinski definition) is 2. The Kier molecular flexibility index (Phi) is 4.39. The van der Waals surface area contributed by atoms with Gasteiger partial charge < -0.3 is 10.2 Å². The van der Waals surface area contributed by atoms with Gasteiger partial charge in [0, 0.05) is 15.8 Å². The van der Waals surface area contributed by atoms with Gasteiger partial charge in [0.2, 0.25) is 5.91 Å². The van der Waals surface area contributed by atoms with Gasteiger partial charge in [-0.1, -0.05) is 0 Å². The Hall–Kier alpha value is -1.89. The van der Waals surface area contributed by atoms with Crippen molar-refractivity contribution in [2.75, 3.05) is 0 Å². The van der Waals surface area contributed by atoms with Gasteiger partial charge in [-0.05, 0) is 44.7 Å². The number of fused-ring (bicyclic) bond motifs is 1. The zero-order chi connectivity index (χ0) is 16.6. The second-order valence-electron chi connectivity index (χ2n) is 6.35. The predicted molar refractivity (Wildman–Crippen MR) is 87.1 cm³/mol. The highest BCUT2D eigenvalue weighted by Crippen LogP contribution is 2.31. The number of imide groups is 1. The minimum absolute atomic E-state index is 0.000836. The number of nitrogens with one attached hydrogen (secondary N) is 2. The van der Waals surface area contributed by atoms with Crippen LogP contribution in [0.3, 0.4) is 0 Å². The lowest BCUT2D eigenvalue weighted by Gasteiger charge is -2.27. The van der Waals surface area contributed by atoms with Crippen LogP contribution in [0.4, 0.5) is 4.79 Å². The molecule has 0 bridgehead atoms. The normalized spacial score (nSPS) is 19.7. The van der Waals surface area contributed by atoms with E-state index in [1.165, 1.54) is 21.7 Å². The van der Waals surface area contributed by atoms with E-state index in [2.05, 4.69) is 16.7 Å². The first kappa shape index (κ1) is 16.0. The fourth-order valence-corrected chi connectivity index (χ4v) is 4.35. The van der Waals surface area contributed by atoms with Gasteiger partial charge in [0.15, 0.2) is 0 Å². The van der Waals surface area contributed by atoms with Crippen LogP contribution in [-0.2, 0) is 29.0 Å². The van der Waals surface area contributed by atoms with Crippen LogP contribution in [0.15, 0.2) is 6.07 Å². The standard InChI is InChI=1S/C16H21N3O3S/c1-9(2)19(8-11-6-10-4-3-5-13(10)23-11)14(20)7-12-15(21)18-16(22)17-12/h6,9,12H,3-5,7-8H2,1-2H3,(H2,17,18,21,22)/t12-/m0/s1. The van der Waals surface area contributed by atoms with E-state index in [1.807, 2.05) is 13.8 Å². The van der Waals surface area contributed by atoms with Crippen molar-refractivity contribution in [2.24, 2.45) is 0 Å².